The quantitative estimate of drug-likeness (QED) is 0.0703. The first-order valence-corrected chi connectivity index (χ1v) is 22.8. The molecule has 8 rings (SSSR count). The normalized spacial score (nSPS) is 18.7. The van der Waals surface area contributed by atoms with Crippen molar-refractivity contribution in [1.29, 1.82) is 0 Å². The van der Waals surface area contributed by atoms with Gasteiger partial charge in [-0.2, -0.15) is 0 Å². The van der Waals surface area contributed by atoms with Crippen LogP contribution in [-0.4, -0.2) is 98.0 Å². The van der Waals surface area contributed by atoms with Crippen molar-refractivity contribution in [3.8, 4) is 11.5 Å². The number of carbonyl (C=O) groups is 4. The Bertz CT molecular complexity index is 2730. The third kappa shape index (κ3) is 8.98. The second-order valence-electron chi connectivity index (χ2n) is 19.0. The van der Waals surface area contributed by atoms with Crippen molar-refractivity contribution >= 4 is 51.8 Å². The van der Waals surface area contributed by atoms with Crippen LogP contribution in [0.2, 0.25) is 0 Å². The highest BCUT2D eigenvalue weighted by Crippen LogP contribution is 2.48. The van der Waals surface area contributed by atoms with Gasteiger partial charge in [-0.1, -0.05) is 65.8 Å². The predicted molar refractivity (Wildman–Crippen MR) is 252 cm³/mol. The number of alkyl carbamates (subject to hydrolysis) is 1. The molecule has 2 aliphatic rings. The highest BCUT2D eigenvalue weighted by Gasteiger charge is 2.39. The Morgan fingerprint density at radius 1 is 0.788 bits per heavy atom. The van der Waals surface area contributed by atoms with Crippen molar-refractivity contribution in [3.05, 3.63) is 102 Å². The number of rotatable bonds is 14. The number of H-pyrrole nitrogens is 2. The predicted octanol–water partition coefficient (Wildman–Crippen LogP) is 8.89. The zero-order chi connectivity index (χ0) is 47.0. The average molecular weight is 900 g/mol. The molecule has 5 heterocycles. The van der Waals surface area contributed by atoms with Crippen LogP contribution in [0.5, 0.6) is 0 Å². The lowest BCUT2D eigenvalue weighted by Crippen LogP contribution is -2.51. The molecule has 348 valence electrons. The molecular weight excluding hydrogens is 839 g/mol. The van der Waals surface area contributed by atoms with Crippen LogP contribution >= 0.6 is 0 Å². The van der Waals surface area contributed by atoms with Gasteiger partial charge >= 0.3 is 12.2 Å². The van der Waals surface area contributed by atoms with Crippen LogP contribution in [0.25, 0.3) is 33.6 Å². The number of carbonyl (C=O) groups excluding carboxylic acids is 3. The van der Waals surface area contributed by atoms with Gasteiger partial charge in [-0.3, -0.25) is 14.2 Å². The van der Waals surface area contributed by atoms with E-state index in [-0.39, 0.29) is 47.2 Å². The van der Waals surface area contributed by atoms with E-state index >= 15 is 0 Å². The third-order valence-electron chi connectivity index (χ3n) is 13.3. The summed E-state index contributed by atoms with van der Waals surface area (Å²) in [5, 5.41) is 14.5. The van der Waals surface area contributed by atoms with E-state index in [4.69, 9.17) is 19.4 Å². The fourth-order valence-corrected chi connectivity index (χ4v) is 9.88. The minimum atomic E-state index is -1.26. The van der Waals surface area contributed by atoms with Gasteiger partial charge in [0.15, 0.2) is 5.82 Å². The van der Waals surface area contributed by atoms with Gasteiger partial charge in [0.25, 0.3) is 5.91 Å². The number of fused-ring (bicyclic) bond motifs is 2. The van der Waals surface area contributed by atoms with Gasteiger partial charge in [0.1, 0.15) is 17.9 Å². The fourth-order valence-electron chi connectivity index (χ4n) is 9.88. The minimum Gasteiger partial charge on any atom is -0.465 e. The summed E-state index contributed by atoms with van der Waals surface area (Å²) < 4.78 is 11.9. The zero-order valence-corrected chi connectivity index (χ0v) is 38.9. The van der Waals surface area contributed by atoms with E-state index in [1.54, 1.807) is 39.3 Å². The molecule has 16 heteroatoms. The standard InChI is InChI=1S/C50H61N9O7/c1-28(2)42(55-48(62)63)46(60)57-23-9-11-40(57)44-51-34-19-13-30(25-36(34)53-44)38-21-22-39(59(38)33-17-15-32(16-18-33)50(5,6)27-65-7)31-14-20-35-37(26-31)54-45(52-35)41-12-10-24-58(41)47(61)43(29(3)4)56-49(64)66-8/h9,11,13-20,23,25-26,28-29,38-39,41-43,55H,10,12,21-22,24,27H2,1-8H3,(H,51,53)(H,52,54)(H,56,64)(H,62,63)/t38-,39-,41+,42+,43+/m1/s1. The van der Waals surface area contributed by atoms with Crippen LogP contribution in [0.3, 0.4) is 0 Å². The van der Waals surface area contributed by atoms with E-state index in [1.807, 2.05) is 24.8 Å². The highest BCUT2D eigenvalue weighted by molar-refractivity contribution is 5.91. The van der Waals surface area contributed by atoms with Crippen LogP contribution in [0.4, 0.5) is 15.3 Å². The largest absolute Gasteiger partial charge is 0.465 e. The Hall–Kier alpha value is -6.68. The molecule has 0 spiro atoms. The molecule has 2 fully saturated rings. The second kappa shape index (κ2) is 18.7. The summed E-state index contributed by atoms with van der Waals surface area (Å²) in [5.41, 5.74) is 8.14. The molecular formula is C50H61N9O7. The number of benzene rings is 3. The van der Waals surface area contributed by atoms with E-state index < -0.39 is 24.3 Å². The van der Waals surface area contributed by atoms with Crippen molar-refractivity contribution in [2.24, 2.45) is 11.8 Å². The summed E-state index contributed by atoms with van der Waals surface area (Å²) in [6, 6.07) is 23.1. The number of hydrogen-bond donors (Lipinski definition) is 5. The minimum absolute atomic E-state index is 0.00176. The first-order chi connectivity index (χ1) is 31.6. The number of methoxy groups -OCH3 is 2. The summed E-state index contributed by atoms with van der Waals surface area (Å²) >= 11 is 0. The van der Waals surface area contributed by atoms with E-state index in [1.165, 1.54) is 17.2 Å². The first-order valence-electron chi connectivity index (χ1n) is 22.8. The van der Waals surface area contributed by atoms with Crippen LogP contribution < -0.4 is 15.5 Å². The SMILES string of the molecule is COCC(C)(C)c1ccc(N2[C@@H](c3ccc4nc(-c5cccn5C(=O)[C@@H](NC(=O)O)C(C)C)[nH]c4c3)CC[C@@H]2c2ccc3nc([C@@H]4CCCN4C(=O)[C@@H](NC(=O)OC)C(C)C)[nH]c3c2)cc1. The number of aromatic nitrogens is 5. The van der Waals surface area contributed by atoms with Crippen LogP contribution in [0, 0.1) is 11.8 Å². The van der Waals surface area contributed by atoms with E-state index in [9.17, 15) is 24.3 Å². The maximum atomic E-state index is 13.9. The van der Waals surface area contributed by atoms with Crippen molar-refractivity contribution in [2.45, 2.75) is 103 Å². The number of hydrogen-bond acceptors (Lipinski definition) is 9. The molecule has 2 aliphatic heterocycles. The number of imidazole rings is 2. The summed E-state index contributed by atoms with van der Waals surface area (Å²) in [4.78, 5) is 72.6. The number of anilines is 1. The Morgan fingerprint density at radius 2 is 1.41 bits per heavy atom. The number of ether oxygens (including phenoxy) is 2. The molecule has 0 saturated carbocycles. The Labute approximate surface area is 384 Å². The number of nitrogens with one attached hydrogen (secondary N) is 4. The zero-order valence-electron chi connectivity index (χ0n) is 38.9. The van der Waals surface area contributed by atoms with Gasteiger partial charge in [0.05, 0.1) is 59.6 Å². The molecule has 6 aromatic rings. The Morgan fingerprint density at radius 3 is 2.02 bits per heavy atom. The van der Waals surface area contributed by atoms with E-state index in [0.29, 0.717) is 24.7 Å². The van der Waals surface area contributed by atoms with Crippen LogP contribution in [0.15, 0.2) is 79.0 Å². The fraction of sp³-hybridized carbons (Fsp3) is 0.440. The third-order valence-corrected chi connectivity index (χ3v) is 13.3. The molecule has 3 aromatic heterocycles. The van der Waals surface area contributed by atoms with Gasteiger partial charge < -0.3 is 45.0 Å². The number of amides is 3. The molecule has 2 saturated heterocycles. The second-order valence-corrected chi connectivity index (χ2v) is 19.0. The molecule has 16 nitrogen and oxygen atoms in total. The maximum absolute atomic E-state index is 13.9. The summed E-state index contributed by atoms with van der Waals surface area (Å²) in [7, 11) is 3.02. The van der Waals surface area contributed by atoms with Gasteiger partial charge in [0.2, 0.25) is 5.91 Å². The van der Waals surface area contributed by atoms with Crippen LogP contribution in [-0.2, 0) is 19.7 Å². The number of aromatic amines is 2. The first kappa shape index (κ1) is 45.9. The molecule has 0 aliphatic carbocycles. The lowest BCUT2D eigenvalue weighted by molar-refractivity contribution is -0.135. The molecule has 0 unspecified atom stereocenters. The van der Waals surface area contributed by atoms with Gasteiger partial charge in [-0.15, -0.1) is 0 Å². The molecule has 3 aromatic carbocycles. The van der Waals surface area contributed by atoms with Crippen LogP contribution in [0.1, 0.15) is 113 Å². The monoisotopic (exact) mass is 899 g/mol. The lowest BCUT2D eigenvalue weighted by atomic mass is 9.85. The summed E-state index contributed by atoms with van der Waals surface area (Å²) in [6.07, 6.45) is 3.08. The Kier molecular flexibility index (Phi) is 13.0. The van der Waals surface area contributed by atoms with Crippen molar-refractivity contribution in [2.75, 3.05) is 32.3 Å². The van der Waals surface area contributed by atoms with Gasteiger partial charge in [-0.05, 0) is 103 Å². The lowest BCUT2D eigenvalue weighted by Gasteiger charge is -2.34. The molecule has 0 radical (unpaired) electrons. The molecule has 66 heavy (non-hydrogen) atoms. The molecule has 3 amide bonds. The summed E-state index contributed by atoms with van der Waals surface area (Å²) in [6.45, 7) is 12.9. The van der Waals surface area contributed by atoms with Gasteiger partial charge in [0, 0.05) is 31.0 Å². The topological polar surface area (TPSA) is 200 Å². The smallest absolute Gasteiger partial charge is 0.407 e. The summed E-state index contributed by atoms with van der Waals surface area (Å²) in [5.74, 6) is 0.290. The average Bonchev–Trinajstić information content (AvgIpc) is 4.15. The maximum Gasteiger partial charge on any atom is 0.407 e. The number of likely N-dealkylation sites (tertiary alicyclic amines) is 1. The van der Waals surface area contributed by atoms with Crippen molar-refractivity contribution in [1.82, 2.24) is 40.0 Å². The molecule has 5 N–H and O–H groups in total. The van der Waals surface area contributed by atoms with E-state index in [2.05, 4.69) is 93.9 Å². The van der Waals surface area contributed by atoms with E-state index in [0.717, 1.165) is 70.4 Å². The highest BCUT2D eigenvalue weighted by atomic mass is 16.5. The Balaban J connectivity index is 1.12. The van der Waals surface area contributed by atoms with Crippen molar-refractivity contribution < 1.29 is 33.8 Å². The number of carboxylic acid groups (broad SMARTS) is 1. The molecule has 0 bridgehead atoms. The molecule has 5 atom stereocenters. The number of nitrogens with zero attached hydrogens (tertiary/aromatic N) is 5. The van der Waals surface area contributed by atoms with Gasteiger partial charge in [-0.25, -0.2) is 19.6 Å². The van der Waals surface area contributed by atoms with Crippen molar-refractivity contribution in [3.63, 3.8) is 0 Å².